The molecule has 0 radical (unpaired) electrons. The average Bonchev–Trinajstić information content (AvgIpc) is 2.61. The van der Waals surface area contributed by atoms with E-state index in [9.17, 15) is 4.79 Å². The molecule has 0 fully saturated rings. The first-order chi connectivity index (χ1) is 11.7. The zero-order valence-electron chi connectivity index (χ0n) is 14.1. The number of guanidine groups is 1. The highest BCUT2D eigenvalue weighted by molar-refractivity contribution is 5.94. The second-order valence-electron chi connectivity index (χ2n) is 5.39. The molecule has 3 N–H and O–H groups in total. The number of nitrogens with one attached hydrogen (secondary N) is 3. The van der Waals surface area contributed by atoms with Gasteiger partial charge < -0.3 is 16.0 Å². The second-order valence-corrected chi connectivity index (χ2v) is 5.39. The van der Waals surface area contributed by atoms with Crippen molar-refractivity contribution in [3.63, 3.8) is 0 Å². The molecule has 0 aliphatic rings. The van der Waals surface area contributed by atoms with Crippen molar-refractivity contribution in [3.8, 4) is 0 Å². The maximum atomic E-state index is 12.0. The molecule has 0 aromatic heterocycles. The van der Waals surface area contributed by atoms with Crippen LogP contribution in [0.25, 0.3) is 0 Å². The predicted octanol–water partition coefficient (Wildman–Crippen LogP) is 2.94. The van der Waals surface area contributed by atoms with Gasteiger partial charge in [-0.1, -0.05) is 48.5 Å². The van der Waals surface area contributed by atoms with Gasteiger partial charge in [-0.05, 0) is 31.5 Å². The van der Waals surface area contributed by atoms with Gasteiger partial charge in [-0.25, -0.2) is 4.99 Å². The number of benzene rings is 2. The van der Waals surface area contributed by atoms with Crippen LogP contribution in [-0.4, -0.2) is 25.0 Å². The molecule has 0 bridgehead atoms. The summed E-state index contributed by atoms with van der Waals surface area (Å²) >= 11 is 0. The molecule has 2 aromatic rings. The van der Waals surface area contributed by atoms with Crippen molar-refractivity contribution in [1.29, 1.82) is 0 Å². The molecule has 2 aromatic carbocycles. The topological polar surface area (TPSA) is 65.5 Å². The predicted molar refractivity (Wildman–Crippen MR) is 99.0 cm³/mol. The Kier molecular flexibility index (Phi) is 6.83. The van der Waals surface area contributed by atoms with E-state index in [2.05, 4.69) is 40.0 Å². The molecule has 0 spiro atoms. The molecule has 5 heteroatoms. The first-order valence-electron chi connectivity index (χ1n) is 8.13. The highest BCUT2D eigenvalue weighted by Crippen LogP contribution is 2.10. The summed E-state index contributed by atoms with van der Waals surface area (Å²) < 4.78 is 0. The Balaban J connectivity index is 1.93. The fourth-order valence-electron chi connectivity index (χ4n) is 2.22. The van der Waals surface area contributed by atoms with Gasteiger partial charge in [-0.2, -0.15) is 0 Å². The molecule has 0 saturated carbocycles. The number of para-hydroxylation sites is 1. The lowest BCUT2D eigenvalue weighted by Gasteiger charge is -2.18. The van der Waals surface area contributed by atoms with Crippen molar-refractivity contribution < 1.29 is 4.79 Å². The van der Waals surface area contributed by atoms with Crippen LogP contribution < -0.4 is 16.0 Å². The van der Waals surface area contributed by atoms with Gasteiger partial charge in [0.1, 0.15) is 6.54 Å². The standard InChI is InChI=1S/C19H24N4O/c1-3-20-19(22-15(2)16-10-6-4-7-11-16)21-14-18(24)23-17-12-8-5-9-13-17/h4-13,15H,3,14H2,1-2H3,(H,23,24)(H2,20,21,22). The Hall–Kier alpha value is -2.82. The van der Waals surface area contributed by atoms with Crippen molar-refractivity contribution >= 4 is 17.6 Å². The first-order valence-corrected chi connectivity index (χ1v) is 8.13. The summed E-state index contributed by atoms with van der Waals surface area (Å²) in [6, 6.07) is 19.6. The molecular formula is C19H24N4O. The highest BCUT2D eigenvalue weighted by Gasteiger charge is 2.08. The zero-order chi connectivity index (χ0) is 17.2. The molecule has 0 saturated heterocycles. The van der Waals surface area contributed by atoms with Crippen LogP contribution in [0, 0.1) is 0 Å². The molecule has 1 atom stereocenters. The molecule has 126 valence electrons. The summed E-state index contributed by atoms with van der Waals surface area (Å²) in [6.07, 6.45) is 0. The van der Waals surface area contributed by atoms with Crippen LogP contribution >= 0.6 is 0 Å². The van der Waals surface area contributed by atoms with Gasteiger partial charge in [-0.15, -0.1) is 0 Å². The van der Waals surface area contributed by atoms with Crippen molar-refractivity contribution in [2.24, 2.45) is 4.99 Å². The maximum Gasteiger partial charge on any atom is 0.246 e. The van der Waals surface area contributed by atoms with Gasteiger partial charge in [0.2, 0.25) is 5.91 Å². The Morgan fingerprint density at radius 2 is 1.67 bits per heavy atom. The Morgan fingerprint density at radius 3 is 2.29 bits per heavy atom. The van der Waals surface area contributed by atoms with Gasteiger partial charge >= 0.3 is 0 Å². The van der Waals surface area contributed by atoms with E-state index in [1.807, 2.05) is 55.5 Å². The normalized spacial score (nSPS) is 12.3. The molecule has 1 amide bonds. The van der Waals surface area contributed by atoms with Gasteiger partial charge in [0.05, 0.1) is 6.04 Å². The van der Waals surface area contributed by atoms with Crippen molar-refractivity contribution in [3.05, 3.63) is 66.2 Å². The van der Waals surface area contributed by atoms with Crippen LogP contribution in [0.1, 0.15) is 25.5 Å². The molecule has 2 rings (SSSR count). The summed E-state index contributed by atoms with van der Waals surface area (Å²) in [5.41, 5.74) is 1.94. The third-order valence-electron chi connectivity index (χ3n) is 3.44. The average molecular weight is 324 g/mol. The number of carbonyl (C=O) groups excluding carboxylic acids is 1. The minimum absolute atomic E-state index is 0.0612. The second kappa shape index (κ2) is 9.35. The van der Waals surface area contributed by atoms with Crippen LogP contribution in [0.4, 0.5) is 5.69 Å². The number of rotatable bonds is 6. The number of carbonyl (C=O) groups is 1. The summed E-state index contributed by atoms with van der Waals surface area (Å²) in [6.45, 7) is 4.85. The van der Waals surface area contributed by atoms with Gasteiger partial charge in [0.25, 0.3) is 0 Å². The number of nitrogens with zero attached hydrogens (tertiary/aromatic N) is 1. The van der Waals surface area contributed by atoms with Crippen LogP contribution in [0.3, 0.4) is 0 Å². The zero-order valence-corrected chi connectivity index (χ0v) is 14.1. The lowest BCUT2D eigenvalue weighted by Crippen LogP contribution is -2.39. The van der Waals surface area contributed by atoms with E-state index >= 15 is 0 Å². The third-order valence-corrected chi connectivity index (χ3v) is 3.44. The Bertz CT molecular complexity index is 656. The number of hydrogen-bond acceptors (Lipinski definition) is 2. The van der Waals surface area contributed by atoms with Crippen LogP contribution in [0.15, 0.2) is 65.7 Å². The number of aliphatic imine (C=N–C) groups is 1. The maximum absolute atomic E-state index is 12.0. The van der Waals surface area contributed by atoms with E-state index in [1.165, 1.54) is 0 Å². The Labute approximate surface area is 143 Å². The number of anilines is 1. The minimum Gasteiger partial charge on any atom is -0.357 e. The van der Waals surface area contributed by atoms with Crippen molar-refractivity contribution in [1.82, 2.24) is 10.6 Å². The largest absolute Gasteiger partial charge is 0.357 e. The molecular weight excluding hydrogens is 300 g/mol. The Morgan fingerprint density at radius 1 is 1.04 bits per heavy atom. The molecule has 0 aliphatic heterocycles. The minimum atomic E-state index is -0.147. The fourth-order valence-corrected chi connectivity index (χ4v) is 2.22. The van der Waals surface area contributed by atoms with Crippen LogP contribution in [0.5, 0.6) is 0 Å². The molecule has 1 unspecified atom stereocenters. The SMILES string of the molecule is CCNC(=NCC(=O)Nc1ccccc1)NC(C)c1ccccc1. The molecule has 24 heavy (non-hydrogen) atoms. The lowest BCUT2D eigenvalue weighted by molar-refractivity contribution is -0.114. The number of hydrogen-bond donors (Lipinski definition) is 3. The van der Waals surface area contributed by atoms with Crippen molar-refractivity contribution in [2.75, 3.05) is 18.4 Å². The summed E-state index contributed by atoms with van der Waals surface area (Å²) in [4.78, 5) is 16.4. The first kappa shape index (κ1) is 17.5. The molecule has 0 aliphatic carbocycles. The summed E-state index contributed by atoms with van der Waals surface area (Å²) in [5.74, 6) is 0.475. The van der Waals surface area contributed by atoms with E-state index in [1.54, 1.807) is 0 Å². The molecule has 5 nitrogen and oxygen atoms in total. The smallest absolute Gasteiger partial charge is 0.246 e. The van der Waals surface area contributed by atoms with E-state index in [0.29, 0.717) is 5.96 Å². The summed E-state index contributed by atoms with van der Waals surface area (Å²) in [7, 11) is 0. The number of amides is 1. The van der Waals surface area contributed by atoms with Crippen LogP contribution in [0.2, 0.25) is 0 Å². The van der Waals surface area contributed by atoms with Gasteiger partial charge in [0.15, 0.2) is 5.96 Å². The molecule has 0 heterocycles. The van der Waals surface area contributed by atoms with Gasteiger partial charge in [-0.3, -0.25) is 4.79 Å². The van der Waals surface area contributed by atoms with Crippen molar-refractivity contribution in [2.45, 2.75) is 19.9 Å². The van der Waals surface area contributed by atoms with Gasteiger partial charge in [0, 0.05) is 12.2 Å². The highest BCUT2D eigenvalue weighted by atomic mass is 16.1. The van der Waals surface area contributed by atoms with E-state index in [0.717, 1.165) is 17.8 Å². The lowest BCUT2D eigenvalue weighted by atomic mass is 10.1. The monoisotopic (exact) mass is 324 g/mol. The van der Waals surface area contributed by atoms with Crippen LogP contribution in [-0.2, 0) is 4.79 Å². The van der Waals surface area contributed by atoms with E-state index < -0.39 is 0 Å². The van der Waals surface area contributed by atoms with E-state index in [4.69, 9.17) is 0 Å². The van der Waals surface area contributed by atoms with E-state index in [-0.39, 0.29) is 18.5 Å². The third kappa shape index (κ3) is 5.76. The summed E-state index contributed by atoms with van der Waals surface area (Å²) in [5, 5.41) is 9.30. The fraction of sp³-hybridized carbons (Fsp3) is 0.263. The quantitative estimate of drug-likeness (QED) is 0.565.